The summed E-state index contributed by atoms with van der Waals surface area (Å²) in [6.07, 6.45) is 2.64. The Morgan fingerprint density at radius 2 is 1.80 bits per heavy atom. The molecule has 0 saturated heterocycles. The van der Waals surface area contributed by atoms with Crippen molar-refractivity contribution in [1.82, 2.24) is 15.6 Å². The molecule has 1 fully saturated rings. The average molecular weight is 490 g/mol. The summed E-state index contributed by atoms with van der Waals surface area (Å²) in [7, 11) is -3.74. The van der Waals surface area contributed by atoms with Crippen LogP contribution in [-0.2, 0) is 14.8 Å². The molecular formula is C19H21Cl2N3O4S2. The molecule has 1 saturated carbocycles. The molecule has 0 atom stereocenters. The van der Waals surface area contributed by atoms with Crippen LogP contribution in [0.15, 0.2) is 40.6 Å². The molecule has 0 spiro atoms. The summed E-state index contributed by atoms with van der Waals surface area (Å²) in [4.78, 5) is 24.7. The zero-order chi connectivity index (χ0) is 21.7. The summed E-state index contributed by atoms with van der Waals surface area (Å²) in [6, 6.07) is 7.67. The first kappa shape index (κ1) is 23.0. The highest BCUT2D eigenvalue weighted by Gasteiger charge is 2.28. The molecule has 30 heavy (non-hydrogen) atoms. The summed E-state index contributed by atoms with van der Waals surface area (Å²) in [6.45, 7) is 0.269. The van der Waals surface area contributed by atoms with E-state index in [1.165, 1.54) is 29.5 Å². The normalized spacial score (nSPS) is 19.3. The Hall–Kier alpha value is -1.65. The van der Waals surface area contributed by atoms with Crippen molar-refractivity contribution in [2.24, 2.45) is 11.8 Å². The largest absolute Gasteiger partial charge is 0.279 e. The van der Waals surface area contributed by atoms with Crippen LogP contribution in [0.4, 0.5) is 0 Å². The molecule has 3 rings (SSSR count). The molecule has 11 heteroatoms. The lowest BCUT2D eigenvalue weighted by Gasteiger charge is -2.27. The van der Waals surface area contributed by atoms with E-state index in [1.807, 2.05) is 0 Å². The minimum Gasteiger partial charge on any atom is -0.273 e. The van der Waals surface area contributed by atoms with Crippen LogP contribution in [0, 0.1) is 11.8 Å². The first-order valence-electron chi connectivity index (χ1n) is 9.34. The van der Waals surface area contributed by atoms with Gasteiger partial charge in [0.2, 0.25) is 15.9 Å². The smallest absolute Gasteiger partial charge is 0.273 e. The quantitative estimate of drug-likeness (QED) is 0.539. The Balaban J connectivity index is 1.44. The van der Waals surface area contributed by atoms with E-state index >= 15 is 0 Å². The third-order valence-electron chi connectivity index (χ3n) is 5.01. The third-order valence-corrected chi connectivity index (χ3v) is 8.02. The van der Waals surface area contributed by atoms with E-state index < -0.39 is 10.0 Å². The molecule has 7 nitrogen and oxygen atoms in total. The van der Waals surface area contributed by atoms with Gasteiger partial charge >= 0.3 is 0 Å². The van der Waals surface area contributed by atoms with Gasteiger partial charge < -0.3 is 0 Å². The molecule has 0 unspecified atom stereocenters. The second kappa shape index (κ2) is 10.1. The van der Waals surface area contributed by atoms with E-state index in [-0.39, 0.29) is 40.1 Å². The van der Waals surface area contributed by atoms with E-state index in [4.69, 9.17) is 23.2 Å². The van der Waals surface area contributed by atoms with Gasteiger partial charge in [-0.25, -0.2) is 13.1 Å². The van der Waals surface area contributed by atoms with E-state index in [0.717, 1.165) is 0 Å². The molecule has 0 radical (unpaired) electrons. The van der Waals surface area contributed by atoms with E-state index in [9.17, 15) is 18.0 Å². The Morgan fingerprint density at radius 1 is 1.07 bits per heavy atom. The van der Waals surface area contributed by atoms with Gasteiger partial charge in [-0.15, -0.1) is 11.3 Å². The van der Waals surface area contributed by atoms with Gasteiger partial charge in [-0.2, -0.15) is 0 Å². The number of benzene rings is 1. The van der Waals surface area contributed by atoms with Gasteiger partial charge in [0, 0.05) is 17.5 Å². The minimum absolute atomic E-state index is 0.0110. The highest BCUT2D eigenvalue weighted by atomic mass is 35.5. The van der Waals surface area contributed by atoms with Gasteiger partial charge in [-0.1, -0.05) is 29.3 Å². The Kier molecular flexibility index (Phi) is 7.75. The number of rotatable bonds is 6. The number of thiophene rings is 1. The highest BCUT2D eigenvalue weighted by Crippen LogP contribution is 2.29. The summed E-state index contributed by atoms with van der Waals surface area (Å²) >= 11 is 13.1. The maximum Gasteiger partial charge on any atom is 0.279 e. The first-order valence-corrected chi connectivity index (χ1v) is 12.5. The number of hydrogen-bond acceptors (Lipinski definition) is 5. The lowest BCUT2D eigenvalue weighted by molar-refractivity contribution is -0.127. The molecule has 1 aromatic carbocycles. The lowest BCUT2D eigenvalue weighted by Crippen LogP contribution is -2.45. The van der Waals surface area contributed by atoms with Crippen molar-refractivity contribution < 1.29 is 18.0 Å². The predicted molar refractivity (Wildman–Crippen MR) is 117 cm³/mol. The van der Waals surface area contributed by atoms with Crippen molar-refractivity contribution >= 4 is 56.4 Å². The van der Waals surface area contributed by atoms with Crippen molar-refractivity contribution in [3.05, 3.63) is 50.6 Å². The fraction of sp³-hybridized carbons (Fsp3) is 0.368. The molecule has 2 amide bonds. The summed E-state index contributed by atoms with van der Waals surface area (Å²) < 4.78 is 27.6. The molecule has 2 aromatic rings. The summed E-state index contributed by atoms with van der Waals surface area (Å²) in [5, 5.41) is 2.22. The number of sulfonamides is 1. The van der Waals surface area contributed by atoms with Crippen molar-refractivity contribution in [1.29, 1.82) is 0 Å². The number of halogens is 2. The molecule has 162 valence electrons. The van der Waals surface area contributed by atoms with Crippen molar-refractivity contribution in [3.63, 3.8) is 0 Å². The minimum atomic E-state index is -3.74. The monoisotopic (exact) mass is 489 g/mol. The SMILES string of the molecule is O=C(NNC(=O)C1CCC(CNS(=O)(=O)c2ccc(Cl)cc2Cl)CC1)c1cccs1. The molecule has 0 bridgehead atoms. The molecular weight excluding hydrogens is 469 g/mol. The van der Waals surface area contributed by atoms with E-state index in [2.05, 4.69) is 15.6 Å². The van der Waals surface area contributed by atoms with E-state index in [0.29, 0.717) is 35.6 Å². The van der Waals surface area contributed by atoms with Crippen LogP contribution in [0.3, 0.4) is 0 Å². The van der Waals surface area contributed by atoms with Crippen LogP contribution in [0.2, 0.25) is 10.0 Å². The highest BCUT2D eigenvalue weighted by molar-refractivity contribution is 7.89. The number of hydrogen-bond donors (Lipinski definition) is 3. The zero-order valence-corrected chi connectivity index (χ0v) is 19.0. The topological polar surface area (TPSA) is 104 Å². The van der Waals surface area contributed by atoms with Crippen molar-refractivity contribution in [2.45, 2.75) is 30.6 Å². The molecule has 1 aliphatic carbocycles. The maximum atomic E-state index is 12.5. The average Bonchev–Trinajstić information content (AvgIpc) is 3.25. The number of amides is 2. The molecule has 1 aromatic heterocycles. The van der Waals surface area contributed by atoms with Crippen molar-refractivity contribution in [3.8, 4) is 0 Å². The summed E-state index contributed by atoms with van der Waals surface area (Å²) in [5.74, 6) is -0.669. The number of hydrazine groups is 1. The second-order valence-corrected chi connectivity index (χ2v) is 10.6. The van der Waals surface area contributed by atoms with Crippen LogP contribution in [0.1, 0.15) is 35.4 Å². The van der Waals surface area contributed by atoms with Crippen LogP contribution >= 0.6 is 34.5 Å². The first-order chi connectivity index (χ1) is 14.3. The molecule has 1 heterocycles. The van der Waals surface area contributed by atoms with Gasteiger partial charge in [-0.3, -0.25) is 20.4 Å². The standard InChI is InChI=1S/C19H21Cl2N3O4S2/c20-14-7-8-17(15(21)10-14)30(27,28)22-11-12-3-5-13(6-4-12)18(25)23-24-19(26)16-2-1-9-29-16/h1-2,7-10,12-13,22H,3-6,11H2,(H,23,25)(H,24,26). The zero-order valence-electron chi connectivity index (χ0n) is 15.9. The number of nitrogens with one attached hydrogen (secondary N) is 3. The predicted octanol–water partition coefficient (Wildman–Crippen LogP) is 3.60. The molecule has 0 aliphatic heterocycles. The fourth-order valence-corrected chi connectivity index (χ4v) is 5.82. The van der Waals surface area contributed by atoms with Crippen LogP contribution in [0.25, 0.3) is 0 Å². The second-order valence-electron chi connectivity index (χ2n) is 7.06. The Bertz CT molecular complexity index is 1000. The Labute approximate surface area is 189 Å². The maximum absolute atomic E-state index is 12.5. The van der Waals surface area contributed by atoms with Gasteiger partial charge in [0.05, 0.1) is 9.90 Å². The van der Waals surface area contributed by atoms with Gasteiger partial charge in [0.25, 0.3) is 5.91 Å². The molecule has 3 N–H and O–H groups in total. The van der Waals surface area contributed by atoms with Gasteiger partial charge in [0.1, 0.15) is 4.90 Å². The van der Waals surface area contributed by atoms with Crippen LogP contribution in [-0.4, -0.2) is 26.8 Å². The lowest BCUT2D eigenvalue weighted by atomic mass is 9.82. The fourth-order valence-electron chi connectivity index (χ4n) is 3.32. The van der Waals surface area contributed by atoms with Crippen molar-refractivity contribution in [2.75, 3.05) is 6.54 Å². The third kappa shape index (κ3) is 5.95. The Morgan fingerprint density at radius 3 is 2.43 bits per heavy atom. The number of carbonyl (C=O) groups is 2. The van der Waals surface area contributed by atoms with E-state index in [1.54, 1.807) is 17.5 Å². The van der Waals surface area contributed by atoms with Gasteiger partial charge in [0.15, 0.2) is 0 Å². The summed E-state index contributed by atoms with van der Waals surface area (Å²) in [5.41, 5.74) is 4.90. The van der Waals surface area contributed by atoms with Crippen LogP contribution < -0.4 is 15.6 Å². The van der Waals surface area contributed by atoms with Crippen LogP contribution in [0.5, 0.6) is 0 Å². The molecule has 1 aliphatic rings. The number of carbonyl (C=O) groups excluding carboxylic acids is 2. The van der Waals surface area contributed by atoms with Gasteiger partial charge in [-0.05, 0) is 61.2 Å².